The first kappa shape index (κ1) is 15.3. The minimum atomic E-state index is -3.56. The number of ketones is 2. The van der Waals surface area contributed by atoms with E-state index in [4.69, 9.17) is 8.92 Å². The molecule has 1 aromatic rings. The Morgan fingerprint density at radius 3 is 2.59 bits per heavy atom. The summed E-state index contributed by atoms with van der Waals surface area (Å²) >= 11 is 1.19. The fourth-order valence-corrected chi connectivity index (χ4v) is 3.67. The maximum Gasteiger partial charge on any atom is 0.264 e. The van der Waals surface area contributed by atoms with Gasteiger partial charge in [-0.1, -0.05) is 24.3 Å². The Morgan fingerprint density at radius 2 is 1.91 bits per heavy atom. The summed E-state index contributed by atoms with van der Waals surface area (Å²) in [5, 5.41) is 0. The SMILES string of the molecule is CS(=O)(=O)OCC1CSC2=C(O1)c1ccccc1C(=O)C2=O. The number of thioether (sulfide) groups is 1. The Labute approximate surface area is 131 Å². The molecule has 2 aliphatic rings. The smallest absolute Gasteiger partial charge is 0.264 e. The molecule has 0 saturated heterocycles. The van der Waals surface area contributed by atoms with Crippen molar-refractivity contribution in [1.29, 1.82) is 0 Å². The molecule has 0 aromatic heterocycles. The topological polar surface area (TPSA) is 86.7 Å². The molecule has 0 fully saturated rings. The lowest BCUT2D eigenvalue weighted by molar-refractivity contribution is -0.111. The van der Waals surface area contributed by atoms with E-state index in [-0.39, 0.29) is 11.5 Å². The summed E-state index contributed by atoms with van der Waals surface area (Å²) in [4.78, 5) is 24.4. The van der Waals surface area contributed by atoms with Crippen LogP contribution in [0.4, 0.5) is 0 Å². The van der Waals surface area contributed by atoms with E-state index in [1.165, 1.54) is 11.8 Å². The molecule has 3 rings (SSSR count). The van der Waals surface area contributed by atoms with Gasteiger partial charge in [-0.25, -0.2) is 0 Å². The maximum atomic E-state index is 12.1. The summed E-state index contributed by atoms with van der Waals surface area (Å²) in [6, 6.07) is 6.70. The second-order valence-corrected chi connectivity index (χ2v) is 7.58. The first-order chi connectivity index (χ1) is 10.4. The van der Waals surface area contributed by atoms with Crippen LogP contribution >= 0.6 is 11.8 Å². The van der Waals surface area contributed by atoms with Crippen LogP contribution in [0.25, 0.3) is 5.76 Å². The summed E-state index contributed by atoms with van der Waals surface area (Å²) in [6.45, 7) is -0.132. The fraction of sp³-hybridized carbons (Fsp3) is 0.286. The molecule has 116 valence electrons. The van der Waals surface area contributed by atoms with Gasteiger partial charge in [0.05, 0.1) is 6.26 Å². The standard InChI is InChI=1S/C14H12O6S2/c1-22(17,18)19-6-8-7-21-14-12(16)11(15)9-4-2-3-5-10(9)13(14)20-8/h2-5,8H,6-7H2,1H3. The number of hydrogen-bond donors (Lipinski definition) is 0. The van der Waals surface area contributed by atoms with Gasteiger partial charge in [0.2, 0.25) is 11.6 Å². The molecule has 8 heteroatoms. The first-order valence-corrected chi connectivity index (χ1v) is 9.23. The van der Waals surface area contributed by atoms with Crippen LogP contribution in [0.3, 0.4) is 0 Å². The lowest BCUT2D eigenvalue weighted by Crippen LogP contribution is -2.32. The van der Waals surface area contributed by atoms with Gasteiger partial charge in [0.15, 0.2) is 0 Å². The van der Waals surface area contributed by atoms with Crippen LogP contribution in [0.5, 0.6) is 0 Å². The molecule has 0 amide bonds. The van der Waals surface area contributed by atoms with Crippen LogP contribution in [0.15, 0.2) is 29.2 Å². The lowest BCUT2D eigenvalue weighted by atomic mass is 9.93. The van der Waals surface area contributed by atoms with Gasteiger partial charge in [-0.15, -0.1) is 11.8 Å². The van der Waals surface area contributed by atoms with E-state index in [1.54, 1.807) is 24.3 Å². The number of fused-ring (bicyclic) bond motifs is 2. The van der Waals surface area contributed by atoms with Crippen LogP contribution in [-0.4, -0.2) is 44.7 Å². The van der Waals surface area contributed by atoms with Crippen molar-refractivity contribution in [2.75, 3.05) is 18.6 Å². The Balaban J connectivity index is 1.91. The highest BCUT2D eigenvalue weighted by Crippen LogP contribution is 2.40. The Bertz CT molecular complexity index is 793. The molecule has 6 nitrogen and oxygen atoms in total. The number of Topliss-reactive ketones (excluding diaryl/α,β-unsaturated/α-hetero) is 2. The summed E-state index contributed by atoms with van der Waals surface area (Å²) < 4.78 is 32.6. The van der Waals surface area contributed by atoms with E-state index < -0.39 is 27.8 Å². The van der Waals surface area contributed by atoms with E-state index in [9.17, 15) is 18.0 Å². The molecule has 0 radical (unpaired) electrons. The number of carbonyl (C=O) groups is 2. The van der Waals surface area contributed by atoms with Crippen molar-refractivity contribution >= 4 is 39.2 Å². The lowest BCUT2D eigenvalue weighted by Gasteiger charge is -2.30. The Hall–Kier alpha value is -1.64. The normalized spacial score (nSPS) is 21.2. The van der Waals surface area contributed by atoms with Crippen LogP contribution in [0.1, 0.15) is 15.9 Å². The highest BCUT2D eigenvalue weighted by atomic mass is 32.2. The molecule has 0 spiro atoms. The van der Waals surface area contributed by atoms with E-state index in [0.29, 0.717) is 22.6 Å². The molecule has 1 aromatic carbocycles. The fourth-order valence-electron chi connectivity index (χ4n) is 2.24. The second-order valence-electron chi connectivity index (χ2n) is 4.90. The van der Waals surface area contributed by atoms with Crippen LogP contribution in [-0.2, 0) is 23.8 Å². The Morgan fingerprint density at radius 1 is 1.23 bits per heavy atom. The molecule has 1 atom stereocenters. The quantitative estimate of drug-likeness (QED) is 0.604. The zero-order valence-corrected chi connectivity index (χ0v) is 13.2. The monoisotopic (exact) mass is 340 g/mol. The van der Waals surface area contributed by atoms with Crippen LogP contribution in [0.2, 0.25) is 0 Å². The van der Waals surface area contributed by atoms with Crippen LogP contribution < -0.4 is 0 Å². The number of carbonyl (C=O) groups excluding carboxylic acids is 2. The van der Waals surface area contributed by atoms with Gasteiger partial charge in [-0.2, -0.15) is 8.42 Å². The van der Waals surface area contributed by atoms with Crippen molar-refractivity contribution in [3.63, 3.8) is 0 Å². The minimum absolute atomic E-state index is 0.132. The second kappa shape index (κ2) is 5.53. The van der Waals surface area contributed by atoms with E-state index in [0.717, 1.165) is 6.26 Å². The zero-order valence-electron chi connectivity index (χ0n) is 11.6. The third-order valence-electron chi connectivity index (χ3n) is 3.20. The molecular formula is C14H12O6S2. The molecule has 0 bridgehead atoms. The van der Waals surface area contributed by atoms with Crippen molar-refractivity contribution in [3.8, 4) is 0 Å². The predicted molar refractivity (Wildman–Crippen MR) is 80.8 cm³/mol. The summed E-state index contributed by atoms with van der Waals surface area (Å²) in [7, 11) is -3.56. The largest absolute Gasteiger partial charge is 0.485 e. The van der Waals surface area contributed by atoms with E-state index >= 15 is 0 Å². The van der Waals surface area contributed by atoms with Crippen molar-refractivity contribution in [2.45, 2.75) is 6.10 Å². The molecule has 0 saturated carbocycles. The number of hydrogen-bond acceptors (Lipinski definition) is 7. The van der Waals surface area contributed by atoms with Crippen molar-refractivity contribution in [1.82, 2.24) is 0 Å². The first-order valence-electron chi connectivity index (χ1n) is 6.43. The number of ether oxygens (including phenoxy) is 1. The molecular weight excluding hydrogens is 328 g/mol. The number of allylic oxidation sites excluding steroid dienone is 1. The van der Waals surface area contributed by atoms with Gasteiger partial charge < -0.3 is 4.74 Å². The van der Waals surface area contributed by atoms with Crippen molar-refractivity contribution in [3.05, 3.63) is 40.3 Å². The highest BCUT2D eigenvalue weighted by Gasteiger charge is 2.38. The minimum Gasteiger partial charge on any atom is -0.485 e. The predicted octanol–water partition coefficient (Wildman–Crippen LogP) is 1.23. The van der Waals surface area contributed by atoms with Gasteiger partial charge in [0.1, 0.15) is 23.4 Å². The van der Waals surface area contributed by atoms with Gasteiger partial charge >= 0.3 is 0 Å². The van der Waals surface area contributed by atoms with Gasteiger partial charge in [0, 0.05) is 16.9 Å². The third-order valence-corrected chi connectivity index (χ3v) is 4.96. The average Bonchev–Trinajstić information content (AvgIpc) is 2.50. The van der Waals surface area contributed by atoms with Gasteiger partial charge in [0.25, 0.3) is 10.1 Å². The number of rotatable bonds is 3. The van der Waals surface area contributed by atoms with E-state index in [2.05, 4.69) is 0 Å². The molecule has 1 aliphatic heterocycles. The molecule has 22 heavy (non-hydrogen) atoms. The van der Waals surface area contributed by atoms with E-state index in [1.807, 2.05) is 0 Å². The molecule has 1 aliphatic carbocycles. The van der Waals surface area contributed by atoms with Gasteiger partial charge in [-0.3, -0.25) is 13.8 Å². The summed E-state index contributed by atoms with van der Waals surface area (Å²) in [6.07, 6.45) is 0.457. The maximum absolute atomic E-state index is 12.1. The average molecular weight is 340 g/mol. The molecule has 1 unspecified atom stereocenters. The van der Waals surface area contributed by atoms with Crippen molar-refractivity contribution in [2.24, 2.45) is 0 Å². The summed E-state index contributed by atoms with van der Waals surface area (Å²) in [5.74, 6) is -0.453. The van der Waals surface area contributed by atoms with Crippen LogP contribution in [0, 0.1) is 0 Å². The molecule has 1 heterocycles. The molecule has 0 N–H and O–H groups in total. The van der Waals surface area contributed by atoms with Crippen molar-refractivity contribution < 1.29 is 26.9 Å². The third kappa shape index (κ3) is 2.81. The summed E-state index contributed by atoms with van der Waals surface area (Å²) in [5.41, 5.74) is 0.857. The zero-order chi connectivity index (χ0) is 15.9. The highest BCUT2D eigenvalue weighted by molar-refractivity contribution is 8.04. The van der Waals surface area contributed by atoms with Gasteiger partial charge in [-0.05, 0) is 0 Å². The Kier molecular flexibility index (Phi) is 3.84. The number of benzene rings is 1.